The zero-order valence-corrected chi connectivity index (χ0v) is 15.2. The summed E-state index contributed by atoms with van der Waals surface area (Å²) in [4.78, 5) is 4.85. The quantitative estimate of drug-likeness (QED) is 0.826. The van der Waals surface area contributed by atoms with Gasteiger partial charge in [0.15, 0.2) is 0 Å². The van der Waals surface area contributed by atoms with Gasteiger partial charge in [-0.15, -0.1) is 0 Å². The number of piperidine rings is 2. The average Bonchev–Trinajstić information content (AvgIpc) is 2.63. The minimum absolute atomic E-state index is 0.302. The molecule has 2 heterocycles. The number of aliphatic hydroxyl groups is 1. The minimum atomic E-state index is 0.302. The van der Waals surface area contributed by atoms with E-state index in [0.717, 1.165) is 62.7 Å². The summed E-state index contributed by atoms with van der Waals surface area (Å²) in [6.07, 6.45) is 6.00. The van der Waals surface area contributed by atoms with E-state index in [4.69, 9.17) is 11.6 Å². The van der Waals surface area contributed by atoms with Crippen LogP contribution in [0.1, 0.15) is 32.1 Å². The van der Waals surface area contributed by atoms with Crippen molar-refractivity contribution >= 4 is 17.3 Å². The Hall–Kier alpha value is -0.810. The van der Waals surface area contributed by atoms with Crippen molar-refractivity contribution in [3.8, 4) is 0 Å². The molecule has 2 saturated heterocycles. The second-order valence-corrected chi connectivity index (χ2v) is 7.44. The number of nitrogens with one attached hydrogen (secondary N) is 1. The number of para-hydroxylation sites is 1. The molecular formula is C19H30ClN3O. The first-order valence-electron chi connectivity index (χ1n) is 9.35. The van der Waals surface area contributed by atoms with Crippen LogP contribution in [0.4, 0.5) is 5.69 Å². The predicted molar refractivity (Wildman–Crippen MR) is 101 cm³/mol. The van der Waals surface area contributed by atoms with Crippen LogP contribution in [0.25, 0.3) is 0 Å². The molecular weight excluding hydrogens is 322 g/mol. The summed E-state index contributed by atoms with van der Waals surface area (Å²) in [5, 5.41) is 14.1. The van der Waals surface area contributed by atoms with Crippen LogP contribution in [0.3, 0.4) is 0 Å². The number of aliphatic hydroxyl groups excluding tert-OH is 1. The third-order valence-electron chi connectivity index (χ3n) is 5.48. The zero-order chi connectivity index (χ0) is 16.8. The standard InChI is InChI=1S/C19H30ClN3O/c20-18-6-1-2-7-19(18)23-12-8-16(9-13-23)21-10-14-22-11-4-3-5-17(22)15-24/h1-2,6-7,16-17,21,24H,3-5,8-15H2. The van der Waals surface area contributed by atoms with Gasteiger partial charge >= 0.3 is 0 Å². The van der Waals surface area contributed by atoms with E-state index in [1.54, 1.807) is 0 Å². The summed E-state index contributed by atoms with van der Waals surface area (Å²) in [5.74, 6) is 0. The Morgan fingerprint density at radius 2 is 1.88 bits per heavy atom. The van der Waals surface area contributed by atoms with Gasteiger partial charge in [0, 0.05) is 38.3 Å². The Morgan fingerprint density at radius 1 is 1.08 bits per heavy atom. The lowest BCUT2D eigenvalue weighted by atomic mass is 10.0. The molecule has 0 amide bonds. The maximum absolute atomic E-state index is 9.49. The molecule has 134 valence electrons. The SMILES string of the molecule is OCC1CCCCN1CCNC1CCN(c2ccccc2Cl)CC1. The summed E-state index contributed by atoms with van der Waals surface area (Å²) < 4.78 is 0. The highest BCUT2D eigenvalue weighted by Crippen LogP contribution is 2.27. The van der Waals surface area contributed by atoms with E-state index in [2.05, 4.69) is 27.2 Å². The van der Waals surface area contributed by atoms with E-state index in [1.165, 1.54) is 12.8 Å². The molecule has 2 aliphatic heterocycles. The van der Waals surface area contributed by atoms with Crippen LogP contribution < -0.4 is 10.2 Å². The molecule has 0 saturated carbocycles. The Labute approximate surface area is 150 Å². The van der Waals surface area contributed by atoms with Crippen molar-refractivity contribution in [2.75, 3.05) is 44.2 Å². The first-order chi connectivity index (χ1) is 11.8. The molecule has 4 nitrogen and oxygen atoms in total. The van der Waals surface area contributed by atoms with Crippen LogP contribution in [0.5, 0.6) is 0 Å². The number of hydrogen-bond acceptors (Lipinski definition) is 4. The average molecular weight is 352 g/mol. The molecule has 3 rings (SSSR count). The fraction of sp³-hybridized carbons (Fsp3) is 0.684. The Kier molecular flexibility index (Phi) is 6.78. The van der Waals surface area contributed by atoms with Gasteiger partial charge in [0.05, 0.1) is 17.3 Å². The first-order valence-corrected chi connectivity index (χ1v) is 9.73. The normalized spacial score (nSPS) is 23.6. The second-order valence-electron chi connectivity index (χ2n) is 7.04. The van der Waals surface area contributed by atoms with Gasteiger partial charge < -0.3 is 15.3 Å². The number of halogens is 1. The van der Waals surface area contributed by atoms with Crippen LogP contribution in [0.2, 0.25) is 5.02 Å². The summed E-state index contributed by atoms with van der Waals surface area (Å²) in [6.45, 7) is 5.63. The van der Waals surface area contributed by atoms with Gasteiger partial charge in [-0.05, 0) is 44.4 Å². The lowest BCUT2D eigenvalue weighted by Crippen LogP contribution is -2.48. The van der Waals surface area contributed by atoms with Crippen molar-refractivity contribution < 1.29 is 5.11 Å². The van der Waals surface area contributed by atoms with Gasteiger partial charge in [-0.1, -0.05) is 30.2 Å². The molecule has 0 spiro atoms. The molecule has 2 aliphatic rings. The Bertz CT molecular complexity index is 505. The molecule has 5 heteroatoms. The minimum Gasteiger partial charge on any atom is -0.395 e. The number of likely N-dealkylation sites (tertiary alicyclic amines) is 1. The van der Waals surface area contributed by atoms with Gasteiger partial charge in [-0.3, -0.25) is 4.90 Å². The van der Waals surface area contributed by atoms with Crippen molar-refractivity contribution in [2.24, 2.45) is 0 Å². The Balaban J connectivity index is 1.39. The second kappa shape index (κ2) is 9.04. The van der Waals surface area contributed by atoms with Crippen LogP contribution in [-0.4, -0.2) is 61.4 Å². The van der Waals surface area contributed by atoms with Crippen molar-refractivity contribution in [3.05, 3.63) is 29.3 Å². The number of hydrogen-bond donors (Lipinski definition) is 2. The third-order valence-corrected chi connectivity index (χ3v) is 5.80. The predicted octanol–water partition coefficient (Wildman–Crippen LogP) is 2.75. The van der Waals surface area contributed by atoms with Crippen LogP contribution in [0.15, 0.2) is 24.3 Å². The highest BCUT2D eigenvalue weighted by Gasteiger charge is 2.23. The van der Waals surface area contributed by atoms with Gasteiger partial charge in [0.1, 0.15) is 0 Å². The zero-order valence-electron chi connectivity index (χ0n) is 14.5. The molecule has 1 unspecified atom stereocenters. The molecule has 24 heavy (non-hydrogen) atoms. The van der Waals surface area contributed by atoms with Crippen molar-refractivity contribution in [3.63, 3.8) is 0 Å². The summed E-state index contributed by atoms with van der Waals surface area (Å²) in [5.41, 5.74) is 1.16. The molecule has 2 N–H and O–H groups in total. The lowest BCUT2D eigenvalue weighted by molar-refractivity contribution is 0.0901. The summed E-state index contributed by atoms with van der Waals surface area (Å²) in [7, 11) is 0. The number of rotatable bonds is 6. The van der Waals surface area contributed by atoms with Gasteiger partial charge in [0.2, 0.25) is 0 Å². The maximum atomic E-state index is 9.49. The van der Waals surface area contributed by atoms with E-state index >= 15 is 0 Å². The maximum Gasteiger partial charge on any atom is 0.0639 e. The van der Waals surface area contributed by atoms with E-state index in [9.17, 15) is 5.11 Å². The van der Waals surface area contributed by atoms with Crippen molar-refractivity contribution in [1.82, 2.24) is 10.2 Å². The van der Waals surface area contributed by atoms with Crippen molar-refractivity contribution in [2.45, 2.75) is 44.2 Å². The topological polar surface area (TPSA) is 38.7 Å². The molecule has 0 aliphatic carbocycles. The molecule has 0 radical (unpaired) electrons. The third kappa shape index (κ3) is 4.63. The number of nitrogens with zero attached hydrogens (tertiary/aromatic N) is 2. The van der Waals surface area contributed by atoms with Crippen LogP contribution in [-0.2, 0) is 0 Å². The van der Waals surface area contributed by atoms with Gasteiger partial charge in [-0.25, -0.2) is 0 Å². The largest absolute Gasteiger partial charge is 0.395 e. The fourth-order valence-corrected chi connectivity index (χ4v) is 4.26. The van der Waals surface area contributed by atoms with Crippen molar-refractivity contribution in [1.29, 1.82) is 0 Å². The molecule has 1 aromatic rings. The first kappa shape index (κ1) is 18.0. The van der Waals surface area contributed by atoms with Gasteiger partial charge in [0.25, 0.3) is 0 Å². The highest BCUT2D eigenvalue weighted by molar-refractivity contribution is 6.33. The summed E-state index contributed by atoms with van der Waals surface area (Å²) >= 11 is 6.31. The van der Waals surface area contributed by atoms with E-state index < -0.39 is 0 Å². The Morgan fingerprint density at radius 3 is 2.62 bits per heavy atom. The van der Waals surface area contributed by atoms with E-state index in [-0.39, 0.29) is 0 Å². The molecule has 0 bridgehead atoms. The van der Waals surface area contributed by atoms with E-state index in [0.29, 0.717) is 18.7 Å². The highest BCUT2D eigenvalue weighted by atomic mass is 35.5. The number of anilines is 1. The summed E-state index contributed by atoms with van der Waals surface area (Å²) in [6, 6.07) is 9.10. The van der Waals surface area contributed by atoms with E-state index in [1.807, 2.05) is 12.1 Å². The fourth-order valence-electron chi connectivity index (χ4n) is 4.01. The lowest BCUT2D eigenvalue weighted by Gasteiger charge is -2.37. The number of benzene rings is 1. The molecule has 0 aromatic heterocycles. The molecule has 1 aromatic carbocycles. The smallest absolute Gasteiger partial charge is 0.0639 e. The van der Waals surface area contributed by atoms with Gasteiger partial charge in [-0.2, -0.15) is 0 Å². The monoisotopic (exact) mass is 351 g/mol. The van der Waals surface area contributed by atoms with Crippen LogP contribution in [0, 0.1) is 0 Å². The van der Waals surface area contributed by atoms with Crippen LogP contribution >= 0.6 is 11.6 Å². The molecule has 2 fully saturated rings. The molecule has 1 atom stereocenters.